The van der Waals surface area contributed by atoms with Crippen LogP contribution in [0, 0.1) is 11.8 Å². The molecule has 0 saturated heterocycles. The molecule has 1 heterocycles. The van der Waals surface area contributed by atoms with Gasteiger partial charge in [0.15, 0.2) is 11.9 Å². The van der Waals surface area contributed by atoms with Gasteiger partial charge in [0.1, 0.15) is 5.75 Å². The van der Waals surface area contributed by atoms with Gasteiger partial charge in [0.25, 0.3) is 0 Å². The molecule has 0 bridgehead atoms. The van der Waals surface area contributed by atoms with Crippen molar-refractivity contribution in [2.75, 3.05) is 13.7 Å². The first-order chi connectivity index (χ1) is 14.8. The molecule has 3 rings (SSSR count). The van der Waals surface area contributed by atoms with Crippen LogP contribution in [0.25, 0.3) is 0 Å². The number of hydrogen-bond acceptors (Lipinski definition) is 6. The number of esters is 1. The van der Waals surface area contributed by atoms with E-state index >= 15 is 0 Å². The molecule has 3 unspecified atom stereocenters. The molecular formula is C25H41NO5. The van der Waals surface area contributed by atoms with Gasteiger partial charge >= 0.3 is 5.97 Å². The second-order valence-corrected chi connectivity index (χ2v) is 8.19. The molecule has 2 aliphatic rings. The van der Waals surface area contributed by atoms with Gasteiger partial charge in [-0.25, -0.2) is 0 Å². The Labute approximate surface area is 187 Å². The summed E-state index contributed by atoms with van der Waals surface area (Å²) in [6, 6.07) is 5.61. The number of aliphatic hydroxyl groups excluding tert-OH is 1. The first-order valence-corrected chi connectivity index (χ1v) is 11.5. The van der Waals surface area contributed by atoms with Crippen molar-refractivity contribution in [1.29, 1.82) is 0 Å². The van der Waals surface area contributed by atoms with E-state index in [1.165, 1.54) is 32.6 Å². The maximum Gasteiger partial charge on any atom is 0.308 e. The van der Waals surface area contributed by atoms with Crippen LogP contribution in [-0.4, -0.2) is 30.9 Å². The number of rotatable bonds is 7. The summed E-state index contributed by atoms with van der Waals surface area (Å²) in [5.41, 5.74) is 7.37. The number of fused-ring (bicyclic) bond motifs is 1. The lowest BCUT2D eigenvalue weighted by molar-refractivity contribution is -0.144. The van der Waals surface area contributed by atoms with Crippen LogP contribution in [0.15, 0.2) is 30.2 Å². The minimum Gasteiger partial charge on any atom is -0.492 e. The van der Waals surface area contributed by atoms with Crippen LogP contribution in [0.3, 0.4) is 0 Å². The van der Waals surface area contributed by atoms with Crippen LogP contribution in [-0.2, 0) is 20.7 Å². The molecule has 1 aromatic rings. The van der Waals surface area contributed by atoms with E-state index in [-0.39, 0.29) is 11.9 Å². The Morgan fingerprint density at radius 2 is 1.90 bits per heavy atom. The molecule has 1 aliphatic carbocycles. The summed E-state index contributed by atoms with van der Waals surface area (Å²) in [6.07, 6.45) is 5.72. The van der Waals surface area contributed by atoms with Crippen LogP contribution in [0.2, 0.25) is 0 Å². The smallest absolute Gasteiger partial charge is 0.308 e. The molecule has 31 heavy (non-hydrogen) atoms. The lowest BCUT2D eigenvalue weighted by Gasteiger charge is -2.31. The van der Waals surface area contributed by atoms with Crippen molar-refractivity contribution < 1.29 is 24.1 Å². The third-order valence-electron chi connectivity index (χ3n) is 4.71. The number of carbonyl (C=O) groups excluding carboxylic acids is 1. The molecule has 6 nitrogen and oxygen atoms in total. The lowest BCUT2D eigenvalue weighted by Crippen LogP contribution is -2.30. The summed E-state index contributed by atoms with van der Waals surface area (Å²) in [5, 5.41) is 10.5. The summed E-state index contributed by atoms with van der Waals surface area (Å²) >= 11 is 0. The summed E-state index contributed by atoms with van der Waals surface area (Å²) in [4.78, 5) is 11.6. The fourth-order valence-electron chi connectivity index (χ4n) is 2.94. The van der Waals surface area contributed by atoms with Crippen molar-refractivity contribution >= 4 is 5.97 Å². The Morgan fingerprint density at radius 3 is 2.42 bits per heavy atom. The molecule has 0 radical (unpaired) electrons. The van der Waals surface area contributed by atoms with Crippen molar-refractivity contribution in [2.45, 2.75) is 78.9 Å². The molecule has 1 saturated carbocycles. The number of ether oxygens (including phenoxy) is 3. The largest absolute Gasteiger partial charge is 0.492 e. The van der Waals surface area contributed by atoms with E-state index in [9.17, 15) is 9.90 Å². The topological polar surface area (TPSA) is 91.0 Å². The summed E-state index contributed by atoms with van der Waals surface area (Å²) < 4.78 is 16.6. The Kier molecular flexibility index (Phi) is 12.1. The highest BCUT2D eigenvalue weighted by Crippen LogP contribution is 2.38. The van der Waals surface area contributed by atoms with Gasteiger partial charge in [-0.05, 0) is 24.0 Å². The van der Waals surface area contributed by atoms with Gasteiger partial charge in [-0.2, -0.15) is 0 Å². The molecule has 176 valence electrons. The van der Waals surface area contributed by atoms with Gasteiger partial charge in [-0.1, -0.05) is 66.0 Å². The number of aliphatic hydroxyl groups is 1. The highest BCUT2D eigenvalue weighted by atomic mass is 16.5. The summed E-state index contributed by atoms with van der Waals surface area (Å²) in [7, 11) is 1.38. The van der Waals surface area contributed by atoms with Crippen LogP contribution in [0.1, 0.15) is 77.5 Å². The minimum atomic E-state index is -0.659. The third-order valence-corrected chi connectivity index (χ3v) is 4.71. The Balaban J connectivity index is 0.000000859. The first-order valence-electron chi connectivity index (χ1n) is 11.5. The zero-order valence-corrected chi connectivity index (χ0v) is 20.0. The fourth-order valence-corrected chi connectivity index (χ4v) is 2.94. The zero-order chi connectivity index (χ0) is 23.4. The van der Waals surface area contributed by atoms with E-state index < -0.39 is 12.2 Å². The fraction of sp³-hybridized carbons (Fsp3) is 0.640. The second-order valence-electron chi connectivity index (χ2n) is 8.19. The number of hydrogen-bond donors (Lipinski definition) is 2. The highest BCUT2D eigenvalue weighted by Gasteiger charge is 2.31. The number of benzene rings is 1. The molecule has 0 aromatic heterocycles. The van der Waals surface area contributed by atoms with Crippen LogP contribution in [0.5, 0.6) is 5.75 Å². The number of nitrogens with two attached hydrogens (primary N) is 1. The van der Waals surface area contributed by atoms with Gasteiger partial charge < -0.3 is 25.1 Å². The van der Waals surface area contributed by atoms with E-state index in [0.29, 0.717) is 36.9 Å². The quantitative estimate of drug-likeness (QED) is 0.468. The number of carbonyl (C=O) groups is 1. The first kappa shape index (κ1) is 26.8. The zero-order valence-electron chi connectivity index (χ0n) is 20.0. The third kappa shape index (κ3) is 9.21. The van der Waals surface area contributed by atoms with E-state index in [1.54, 1.807) is 0 Å². The SMILES string of the molecule is C1CC1.CC.COC(=O)C(C)Cc1ccc2c(c1)OC(/C(=C/N)OCC(C)C)CC2O. The normalized spacial score (nSPS) is 20.1. The van der Waals surface area contributed by atoms with Gasteiger partial charge in [-0.15, -0.1) is 0 Å². The minimum absolute atomic E-state index is 0.253. The lowest BCUT2D eigenvalue weighted by atomic mass is 9.94. The van der Waals surface area contributed by atoms with Gasteiger partial charge in [0.2, 0.25) is 0 Å². The average Bonchev–Trinajstić information content (AvgIpc) is 3.64. The molecule has 0 amide bonds. The average molecular weight is 436 g/mol. The summed E-state index contributed by atoms with van der Waals surface area (Å²) in [5.74, 6) is 0.970. The maximum absolute atomic E-state index is 11.6. The van der Waals surface area contributed by atoms with Gasteiger partial charge in [-0.3, -0.25) is 4.79 Å². The van der Waals surface area contributed by atoms with Crippen molar-refractivity contribution in [1.82, 2.24) is 0 Å². The number of methoxy groups -OCH3 is 1. The van der Waals surface area contributed by atoms with Crippen molar-refractivity contribution in [3.05, 3.63) is 41.3 Å². The van der Waals surface area contributed by atoms with Crippen LogP contribution < -0.4 is 10.5 Å². The van der Waals surface area contributed by atoms with E-state index in [4.69, 9.17) is 19.9 Å². The molecule has 6 heteroatoms. The Morgan fingerprint density at radius 1 is 1.26 bits per heavy atom. The standard InChI is InChI=1S/C20H29NO5.C3H6.C2H6/c1-12(2)11-25-19(10-21)18-9-16(22)15-6-5-14(8-17(15)26-18)7-13(3)20(23)24-4;1-2-3-1;1-2/h5-6,8,10,12-13,16,18,22H,7,9,11,21H2,1-4H3;1-3H2;1-2H3/b19-10-;;. The predicted octanol–water partition coefficient (Wildman–Crippen LogP) is 4.89. The molecule has 1 aromatic carbocycles. The van der Waals surface area contributed by atoms with Crippen molar-refractivity contribution in [2.24, 2.45) is 17.6 Å². The molecule has 0 spiro atoms. The van der Waals surface area contributed by atoms with E-state index in [0.717, 1.165) is 11.1 Å². The highest BCUT2D eigenvalue weighted by molar-refractivity contribution is 5.72. The molecule has 3 N–H and O–H groups in total. The van der Waals surface area contributed by atoms with Crippen LogP contribution in [0.4, 0.5) is 0 Å². The van der Waals surface area contributed by atoms with Crippen molar-refractivity contribution in [3.63, 3.8) is 0 Å². The van der Waals surface area contributed by atoms with E-state index in [1.807, 2.05) is 39.0 Å². The van der Waals surface area contributed by atoms with Gasteiger partial charge in [0.05, 0.1) is 25.7 Å². The predicted molar refractivity (Wildman–Crippen MR) is 124 cm³/mol. The molecule has 3 atom stereocenters. The van der Waals surface area contributed by atoms with Crippen LogP contribution >= 0.6 is 0 Å². The van der Waals surface area contributed by atoms with E-state index in [2.05, 4.69) is 13.8 Å². The van der Waals surface area contributed by atoms with Gasteiger partial charge in [0, 0.05) is 18.2 Å². The molecule has 1 aliphatic heterocycles. The molecule has 1 fully saturated rings. The molecular weight excluding hydrogens is 394 g/mol. The second kappa shape index (κ2) is 14.0. The summed E-state index contributed by atoms with van der Waals surface area (Å²) in [6.45, 7) is 10.4. The monoisotopic (exact) mass is 435 g/mol. The Bertz CT molecular complexity index is 696. The van der Waals surface area contributed by atoms with Crippen molar-refractivity contribution in [3.8, 4) is 5.75 Å². The Hall–Kier alpha value is -2.21. The maximum atomic E-state index is 11.6.